The molecule has 26 heavy (non-hydrogen) atoms. The minimum Gasteiger partial charge on any atom is -0.493 e. The van der Waals surface area contributed by atoms with Crippen molar-refractivity contribution in [3.63, 3.8) is 0 Å². The highest BCUT2D eigenvalue weighted by molar-refractivity contribution is 6.04. The molecule has 0 aliphatic carbocycles. The number of ether oxygens (including phenoxy) is 2. The minimum absolute atomic E-state index is 0.348. The predicted octanol–water partition coefficient (Wildman–Crippen LogP) is 0.907. The SMILES string of the molecule is COc1cc2c(cc1OC)N(C)C(=O)C(NC(=O)c1ccncc1)C2O. The molecule has 2 N–H and O–H groups in total. The van der Waals surface area contributed by atoms with Crippen molar-refractivity contribution in [3.8, 4) is 11.5 Å². The topological polar surface area (TPSA) is 101 Å². The normalized spacial score (nSPS) is 18.9. The molecular formula is C18H19N3O5. The Kier molecular flexibility index (Phi) is 4.77. The molecule has 1 aromatic carbocycles. The lowest BCUT2D eigenvalue weighted by Gasteiger charge is -2.36. The van der Waals surface area contributed by atoms with E-state index in [4.69, 9.17) is 9.47 Å². The van der Waals surface area contributed by atoms with Gasteiger partial charge in [-0.25, -0.2) is 0 Å². The number of nitrogens with one attached hydrogen (secondary N) is 1. The maximum absolute atomic E-state index is 12.7. The molecule has 1 aliphatic heterocycles. The quantitative estimate of drug-likeness (QED) is 0.843. The second-order valence-electron chi connectivity index (χ2n) is 5.80. The lowest BCUT2D eigenvalue weighted by molar-refractivity contribution is -0.123. The number of carbonyl (C=O) groups excluding carboxylic acids is 2. The highest BCUT2D eigenvalue weighted by Crippen LogP contribution is 2.41. The number of likely N-dealkylation sites (N-methyl/N-ethyl adjacent to an activating group) is 1. The Morgan fingerprint density at radius 1 is 1.19 bits per heavy atom. The maximum Gasteiger partial charge on any atom is 0.252 e. The van der Waals surface area contributed by atoms with Crippen LogP contribution in [0.15, 0.2) is 36.7 Å². The number of aliphatic hydroxyl groups is 1. The zero-order valence-corrected chi connectivity index (χ0v) is 14.6. The summed E-state index contributed by atoms with van der Waals surface area (Å²) < 4.78 is 10.5. The van der Waals surface area contributed by atoms with Crippen LogP contribution in [0, 0.1) is 0 Å². The van der Waals surface area contributed by atoms with E-state index in [0.717, 1.165) is 0 Å². The molecule has 3 rings (SSSR count). The number of carbonyl (C=O) groups is 2. The molecule has 8 nitrogen and oxygen atoms in total. The van der Waals surface area contributed by atoms with Crippen molar-refractivity contribution in [2.45, 2.75) is 12.1 Å². The lowest BCUT2D eigenvalue weighted by Crippen LogP contribution is -2.53. The fourth-order valence-electron chi connectivity index (χ4n) is 2.92. The molecule has 0 saturated heterocycles. The van der Waals surface area contributed by atoms with Gasteiger partial charge in [0.2, 0.25) is 0 Å². The van der Waals surface area contributed by atoms with E-state index in [1.807, 2.05) is 0 Å². The number of nitrogens with zero attached hydrogens (tertiary/aromatic N) is 2. The van der Waals surface area contributed by atoms with E-state index >= 15 is 0 Å². The van der Waals surface area contributed by atoms with Crippen molar-refractivity contribution in [1.82, 2.24) is 10.3 Å². The van der Waals surface area contributed by atoms with Gasteiger partial charge in [0.25, 0.3) is 11.8 Å². The summed E-state index contributed by atoms with van der Waals surface area (Å²) >= 11 is 0. The minimum atomic E-state index is -1.22. The van der Waals surface area contributed by atoms with Crippen molar-refractivity contribution in [2.24, 2.45) is 0 Å². The van der Waals surface area contributed by atoms with Crippen LogP contribution in [0.25, 0.3) is 0 Å². The zero-order chi connectivity index (χ0) is 18.8. The van der Waals surface area contributed by atoms with Crippen LogP contribution >= 0.6 is 0 Å². The van der Waals surface area contributed by atoms with Crippen molar-refractivity contribution in [2.75, 3.05) is 26.2 Å². The van der Waals surface area contributed by atoms with Crippen LogP contribution in [0.4, 0.5) is 5.69 Å². The van der Waals surface area contributed by atoms with E-state index in [0.29, 0.717) is 28.3 Å². The summed E-state index contributed by atoms with van der Waals surface area (Å²) in [4.78, 5) is 30.3. The highest BCUT2D eigenvalue weighted by atomic mass is 16.5. The number of hydrogen-bond donors (Lipinski definition) is 2. The molecule has 2 unspecified atom stereocenters. The third-order valence-corrected chi connectivity index (χ3v) is 4.35. The van der Waals surface area contributed by atoms with Gasteiger partial charge in [-0.2, -0.15) is 0 Å². The van der Waals surface area contributed by atoms with Crippen LogP contribution < -0.4 is 19.7 Å². The van der Waals surface area contributed by atoms with Crippen LogP contribution in [0.2, 0.25) is 0 Å². The summed E-state index contributed by atoms with van der Waals surface area (Å²) in [5.74, 6) is -0.0358. The van der Waals surface area contributed by atoms with Crippen molar-refractivity contribution >= 4 is 17.5 Å². The maximum atomic E-state index is 12.7. The number of fused-ring (bicyclic) bond motifs is 1. The summed E-state index contributed by atoms with van der Waals surface area (Å²) in [5, 5.41) is 13.3. The molecule has 0 radical (unpaired) electrons. The van der Waals surface area contributed by atoms with E-state index < -0.39 is 24.0 Å². The number of methoxy groups -OCH3 is 2. The fraction of sp³-hybridized carbons (Fsp3) is 0.278. The number of hydrogen-bond acceptors (Lipinski definition) is 6. The monoisotopic (exact) mass is 357 g/mol. The second-order valence-corrected chi connectivity index (χ2v) is 5.80. The second kappa shape index (κ2) is 7.01. The van der Waals surface area contributed by atoms with Crippen LogP contribution in [-0.2, 0) is 4.79 Å². The Labute approximate surface area is 150 Å². The average Bonchev–Trinajstić information content (AvgIpc) is 2.68. The summed E-state index contributed by atoms with van der Waals surface area (Å²) in [5.41, 5.74) is 1.31. The molecule has 0 spiro atoms. The average molecular weight is 357 g/mol. The van der Waals surface area contributed by atoms with Gasteiger partial charge in [0.05, 0.1) is 19.9 Å². The first-order chi connectivity index (χ1) is 12.5. The molecule has 0 bridgehead atoms. The fourth-order valence-corrected chi connectivity index (χ4v) is 2.92. The Hall–Kier alpha value is -3.13. The largest absolute Gasteiger partial charge is 0.493 e. The van der Waals surface area contributed by atoms with Crippen molar-refractivity contribution < 1.29 is 24.2 Å². The molecule has 2 aromatic rings. The zero-order valence-electron chi connectivity index (χ0n) is 14.6. The number of benzene rings is 1. The molecule has 1 aliphatic rings. The molecule has 1 aromatic heterocycles. The van der Waals surface area contributed by atoms with Crippen LogP contribution in [0.5, 0.6) is 11.5 Å². The van der Waals surface area contributed by atoms with Crippen molar-refractivity contribution in [3.05, 3.63) is 47.8 Å². The smallest absolute Gasteiger partial charge is 0.252 e. The van der Waals surface area contributed by atoms with Gasteiger partial charge in [-0.3, -0.25) is 14.6 Å². The van der Waals surface area contributed by atoms with Gasteiger partial charge in [0, 0.05) is 36.6 Å². The summed E-state index contributed by atoms with van der Waals surface area (Å²) in [6.45, 7) is 0. The van der Waals surface area contributed by atoms with E-state index in [1.165, 1.54) is 43.6 Å². The van der Waals surface area contributed by atoms with E-state index in [1.54, 1.807) is 19.2 Å². The first-order valence-electron chi connectivity index (χ1n) is 7.90. The van der Waals surface area contributed by atoms with Crippen LogP contribution in [-0.4, -0.2) is 49.2 Å². The standard InChI is InChI=1S/C18H19N3O5/c1-21-12-9-14(26-3)13(25-2)8-11(12)16(22)15(18(21)24)20-17(23)10-4-6-19-7-5-10/h4-9,15-16,22H,1-3H3,(H,20,23). The summed E-state index contributed by atoms with van der Waals surface area (Å²) in [6.07, 6.45) is 1.73. The van der Waals surface area contributed by atoms with Gasteiger partial charge in [-0.15, -0.1) is 0 Å². The molecule has 2 amide bonds. The van der Waals surface area contributed by atoms with Crippen LogP contribution in [0.1, 0.15) is 22.0 Å². The Balaban J connectivity index is 1.96. The van der Waals surface area contributed by atoms with Gasteiger partial charge in [0.1, 0.15) is 12.1 Å². The summed E-state index contributed by atoms with van der Waals surface area (Å²) in [6, 6.07) is 5.16. The highest BCUT2D eigenvalue weighted by Gasteiger charge is 2.40. The Morgan fingerprint density at radius 3 is 2.42 bits per heavy atom. The molecule has 136 valence electrons. The van der Waals surface area contributed by atoms with Gasteiger partial charge in [-0.1, -0.05) is 0 Å². The van der Waals surface area contributed by atoms with E-state index in [-0.39, 0.29) is 0 Å². The predicted molar refractivity (Wildman–Crippen MR) is 93.4 cm³/mol. The number of pyridine rings is 1. The number of rotatable bonds is 4. The van der Waals surface area contributed by atoms with Gasteiger partial charge in [0.15, 0.2) is 11.5 Å². The molecule has 2 heterocycles. The van der Waals surface area contributed by atoms with Crippen LogP contribution in [0.3, 0.4) is 0 Å². The molecule has 8 heteroatoms. The number of anilines is 1. The Bertz CT molecular complexity index is 840. The first-order valence-corrected chi connectivity index (χ1v) is 7.90. The molecular weight excluding hydrogens is 338 g/mol. The van der Waals surface area contributed by atoms with Gasteiger partial charge in [-0.05, 0) is 18.2 Å². The lowest BCUT2D eigenvalue weighted by atomic mass is 9.93. The first kappa shape index (κ1) is 17.7. The van der Waals surface area contributed by atoms with Crippen molar-refractivity contribution in [1.29, 1.82) is 0 Å². The van der Waals surface area contributed by atoms with Gasteiger partial charge < -0.3 is 24.8 Å². The van der Waals surface area contributed by atoms with E-state index in [9.17, 15) is 14.7 Å². The third-order valence-electron chi connectivity index (χ3n) is 4.35. The summed E-state index contributed by atoms with van der Waals surface area (Å²) in [7, 11) is 4.55. The van der Waals surface area contributed by atoms with E-state index in [2.05, 4.69) is 10.3 Å². The molecule has 0 saturated carbocycles. The molecule has 2 atom stereocenters. The van der Waals surface area contributed by atoms with Gasteiger partial charge >= 0.3 is 0 Å². The Morgan fingerprint density at radius 2 is 1.81 bits per heavy atom. The third kappa shape index (κ3) is 2.95. The molecule has 0 fully saturated rings. The number of aliphatic hydroxyl groups excluding tert-OH is 1. The number of amides is 2. The number of aromatic nitrogens is 1.